The fourth-order valence-electron chi connectivity index (χ4n) is 1.11. The maximum Gasteiger partial charge on any atom is 0.106 e. The summed E-state index contributed by atoms with van der Waals surface area (Å²) in [7, 11) is 0. The number of aromatic nitrogens is 1. The first kappa shape index (κ1) is 10.2. The molecule has 0 saturated carbocycles. The number of hydrogen-bond donors (Lipinski definition) is 2. The zero-order valence-corrected chi connectivity index (χ0v) is 8.15. The highest BCUT2D eigenvalue weighted by Crippen LogP contribution is 2.17. The van der Waals surface area contributed by atoms with Crippen molar-refractivity contribution in [2.75, 3.05) is 0 Å². The third-order valence-electron chi connectivity index (χ3n) is 2.16. The molecule has 2 atom stereocenters. The summed E-state index contributed by atoms with van der Waals surface area (Å²) in [5, 5.41) is 18.7. The maximum absolute atomic E-state index is 9.52. The molecule has 3 nitrogen and oxygen atoms in total. The first-order valence-corrected chi connectivity index (χ1v) is 4.31. The van der Waals surface area contributed by atoms with Gasteiger partial charge in [-0.15, -0.1) is 0 Å². The van der Waals surface area contributed by atoms with Gasteiger partial charge in [0.05, 0.1) is 6.10 Å². The third-order valence-corrected chi connectivity index (χ3v) is 2.16. The van der Waals surface area contributed by atoms with Crippen LogP contribution >= 0.6 is 0 Å². The monoisotopic (exact) mass is 181 g/mol. The van der Waals surface area contributed by atoms with E-state index in [1.54, 1.807) is 13.1 Å². The van der Waals surface area contributed by atoms with Crippen molar-refractivity contribution in [3.8, 4) is 0 Å². The summed E-state index contributed by atoms with van der Waals surface area (Å²) in [4.78, 5) is 4.11. The van der Waals surface area contributed by atoms with Gasteiger partial charge in [0, 0.05) is 17.5 Å². The highest BCUT2D eigenvalue weighted by molar-refractivity contribution is 5.24. The molecule has 1 aromatic rings. The Bertz CT molecular complexity index is 297. The van der Waals surface area contributed by atoms with Crippen molar-refractivity contribution in [3.05, 3.63) is 29.1 Å². The average Bonchev–Trinajstić information content (AvgIpc) is 2.08. The summed E-state index contributed by atoms with van der Waals surface area (Å²) >= 11 is 0. The zero-order chi connectivity index (χ0) is 10.0. The van der Waals surface area contributed by atoms with Crippen LogP contribution in [0.3, 0.4) is 0 Å². The molecule has 0 fully saturated rings. The standard InChI is InChI=1S/C10H15NO2/c1-6-4-9(5-11-7(6)2)10(13)8(3)12/h4-5,8,10,12-13H,1-3H3. The van der Waals surface area contributed by atoms with Gasteiger partial charge in [-0.05, 0) is 26.3 Å². The summed E-state index contributed by atoms with van der Waals surface area (Å²) in [5.41, 5.74) is 2.64. The highest BCUT2D eigenvalue weighted by atomic mass is 16.3. The summed E-state index contributed by atoms with van der Waals surface area (Å²) in [6.07, 6.45) is -0.00425. The van der Waals surface area contributed by atoms with Gasteiger partial charge in [-0.25, -0.2) is 0 Å². The molecule has 0 aromatic carbocycles. The molecular weight excluding hydrogens is 166 g/mol. The number of aliphatic hydroxyl groups is 2. The van der Waals surface area contributed by atoms with Crippen LogP contribution in [0.1, 0.15) is 29.8 Å². The molecule has 2 N–H and O–H groups in total. The molecule has 0 radical (unpaired) electrons. The van der Waals surface area contributed by atoms with E-state index >= 15 is 0 Å². The predicted octanol–water partition coefficient (Wildman–Crippen LogP) is 1.11. The lowest BCUT2D eigenvalue weighted by Gasteiger charge is -2.14. The molecule has 1 aromatic heterocycles. The second-order valence-electron chi connectivity index (χ2n) is 3.36. The minimum atomic E-state index is -0.841. The smallest absolute Gasteiger partial charge is 0.106 e. The number of rotatable bonds is 2. The molecule has 3 heteroatoms. The Morgan fingerprint density at radius 3 is 2.38 bits per heavy atom. The van der Waals surface area contributed by atoms with Crippen molar-refractivity contribution in [1.82, 2.24) is 4.98 Å². The van der Waals surface area contributed by atoms with E-state index in [1.165, 1.54) is 0 Å². The molecule has 1 heterocycles. The first-order chi connectivity index (χ1) is 6.02. The van der Waals surface area contributed by atoms with Gasteiger partial charge in [-0.1, -0.05) is 6.07 Å². The van der Waals surface area contributed by atoms with E-state index in [0.29, 0.717) is 5.56 Å². The Hall–Kier alpha value is -0.930. The quantitative estimate of drug-likeness (QED) is 0.718. The molecule has 0 spiro atoms. The van der Waals surface area contributed by atoms with Gasteiger partial charge in [0.2, 0.25) is 0 Å². The van der Waals surface area contributed by atoms with E-state index in [-0.39, 0.29) is 0 Å². The second-order valence-corrected chi connectivity index (χ2v) is 3.36. The SMILES string of the molecule is Cc1cc(C(O)C(C)O)cnc1C. The molecule has 2 unspecified atom stereocenters. The lowest BCUT2D eigenvalue weighted by Crippen LogP contribution is -2.14. The number of aliphatic hydroxyl groups excluding tert-OH is 2. The fraction of sp³-hybridized carbons (Fsp3) is 0.500. The summed E-state index contributed by atoms with van der Waals surface area (Å²) in [6, 6.07) is 1.85. The van der Waals surface area contributed by atoms with Gasteiger partial charge >= 0.3 is 0 Å². The highest BCUT2D eigenvalue weighted by Gasteiger charge is 2.14. The molecule has 13 heavy (non-hydrogen) atoms. The fourth-order valence-corrected chi connectivity index (χ4v) is 1.11. The van der Waals surface area contributed by atoms with Gasteiger partial charge in [-0.2, -0.15) is 0 Å². The molecule has 0 saturated heterocycles. The van der Waals surface area contributed by atoms with Crippen molar-refractivity contribution in [3.63, 3.8) is 0 Å². The Labute approximate surface area is 78.1 Å². The topological polar surface area (TPSA) is 53.4 Å². The van der Waals surface area contributed by atoms with Crippen molar-refractivity contribution >= 4 is 0 Å². The number of pyridine rings is 1. The molecule has 0 bridgehead atoms. The van der Waals surface area contributed by atoms with Gasteiger partial charge in [-0.3, -0.25) is 4.98 Å². The van der Waals surface area contributed by atoms with Crippen LogP contribution in [0.2, 0.25) is 0 Å². The van der Waals surface area contributed by atoms with E-state index in [0.717, 1.165) is 11.3 Å². The maximum atomic E-state index is 9.52. The van der Waals surface area contributed by atoms with E-state index < -0.39 is 12.2 Å². The lowest BCUT2D eigenvalue weighted by molar-refractivity contribution is 0.0303. The third kappa shape index (κ3) is 2.26. The molecule has 0 aliphatic heterocycles. The summed E-state index contributed by atoms with van der Waals surface area (Å²) in [5.74, 6) is 0. The van der Waals surface area contributed by atoms with Crippen LogP contribution in [0, 0.1) is 13.8 Å². The molecule has 0 aliphatic rings. The van der Waals surface area contributed by atoms with Crippen LogP contribution in [0.5, 0.6) is 0 Å². The molecule has 0 aliphatic carbocycles. The van der Waals surface area contributed by atoms with Crippen LogP contribution in [-0.4, -0.2) is 21.3 Å². The van der Waals surface area contributed by atoms with Crippen LogP contribution in [0.15, 0.2) is 12.3 Å². The van der Waals surface area contributed by atoms with Crippen LogP contribution in [-0.2, 0) is 0 Å². The number of hydrogen-bond acceptors (Lipinski definition) is 3. The first-order valence-electron chi connectivity index (χ1n) is 4.31. The minimum absolute atomic E-state index is 0.665. The average molecular weight is 181 g/mol. The van der Waals surface area contributed by atoms with Gasteiger partial charge in [0.1, 0.15) is 6.10 Å². The van der Waals surface area contributed by atoms with Crippen molar-refractivity contribution in [2.24, 2.45) is 0 Å². The Balaban J connectivity index is 2.97. The lowest BCUT2D eigenvalue weighted by atomic mass is 10.1. The van der Waals surface area contributed by atoms with Crippen molar-refractivity contribution in [1.29, 1.82) is 0 Å². The van der Waals surface area contributed by atoms with E-state index in [4.69, 9.17) is 5.11 Å². The van der Waals surface area contributed by atoms with Crippen molar-refractivity contribution < 1.29 is 10.2 Å². The van der Waals surface area contributed by atoms with E-state index in [9.17, 15) is 5.11 Å². The van der Waals surface area contributed by atoms with E-state index in [1.807, 2.05) is 19.9 Å². The molecule has 1 rings (SSSR count). The van der Waals surface area contributed by atoms with Crippen LogP contribution in [0.4, 0.5) is 0 Å². The number of aryl methyl sites for hydroxylation is 2. The Morgan fingerprint density at radius 1 is 1.31 bits per heavy atom. The van der Waals surface area contributed by atoms with Crippen molar-refractivity contribution in [2.45, 2.75) is 33.0 Å². The number of nitrogens with zero attached hydrogens (tertiary/aromatic N) is 1. The molecule has 0 amide bonds. The second kappa shape index (κ2) is 3.85. The largest absolute Gasteiger partial charge is 0.390 e. The summed E-state index contributed by atoms with van der Waals surface area (Å²) in [6.45, 7) is 5.40. The molecule has 72 valence electrons. The van der Waals surface area contributed by atoms with Gasteiger partial charge < -0.3 is 10.2 Å². The Kier molecular flexibility index (Phi) is 3.01. The van der Waals surface area contributed by atoms with Gasteiger partial charge in [0.25, 0.3) is 0 Å². The van der Waals surface area contributed by atoms with E-state index in [2.05, 4.69) is 4.98 Å². The van der Waals surface area contributed by atoms with Crippen LogP contribution in [0.25, 0.3) is 0 Å². The molecular formula is C10H15NO2. The summed E-state index contributed by atoms with van der Waals surface area (Å²) < 4.78 is 0. The predicted molar refractivity (Wildman–Crippen MR) is 50.4 cm³/mol. The minimum Gasteiger partial charge on any atom is -0.390 e. The van der Waals surface area contributed by atoms with Crippen LogP contribution < -0.4 is 0 Å². The zero-order valence-electron chi connectivity index (χ0n) is 8.15. The van der Waals surface area contributed by atoms with Gasteiger partial charge in [0.15, 0.2) is 0 Å². The normalized spacial score (nSPS) is 15.5. The Morgan fingerprint density at radius 2 is 1.92 bits per heavy atom.